The number of rotatable bonds is 5. The fraction of sp³-hybridized carbons (Fsp3) is 0.429. The minimum Gasteiger partial charge on any atom is -0.504 e. The Bertz CT molecular complexity index is 1110. The number of ether oxygens (including phenoxy) is 1. The Morgan fingerprint density at radius 2 is 2.00 bits per heavy atom. The molecule has 1 N–H and O–H groups in total. The van der Waals surface area contributed by atoms with E-state index in [9.17, 15) is 9.59 Å². The van der Waals surface area contributed by atoms with Crippen molar-refractivity contribution in [1.29, 1.82) is 0 Å². The van der Waals surface area contributed by atoms with Gasteiger partial charge in [-0.25, -0.2) is 0 Å². The number of ketones is 2. The lowest BCUT2D eigenvalue weighted by Crippen LogP contribution is -2.57. The Labute approximate surface area is 195 Å². The van der Waals surface area contributed by atoms with Gasteiger partial charge >= 0.3 is 0 Å². The molecule has 2 aromatic carbocycles. The van der Waals surface area contributed by atoms with Crippen LogP contribution < -0.4 is 5.32 Å². The van der Waals surface area contributed by atoms with Gasteiger partial charge in [-0.05, 0) is 48.8 Å². The number of benzene rings is 2. The molecule has 0 amide bonds. The van der Waals surface area contributed by atoms with Crippen molar-refractivity contribution in [3.63, 3.8) is 0 Å². The van der Waals surface area contributed by atoms with Crippen LogP contribution in [0.15, 0.2) is 60.4 Å². The molecule has 0 bridgehead atoms. The summed E-state index contributed by atoms with van der Waals surface area (Å²) in [5.41, 5.74) is 3.89. The Balaban J connectivity index is 1.53. The molecule has 1 spiro atoms. The lowest BCUT2D eigenvalue weighted by molar-refractivity contribution is -0.114. The predicted molar refractivity (Wildman–Crippen MR) is 130 cm³/mol. The highest BCUT2D eigenvalue weighted by Crippen LogP contribution is 2.50. The standard InChI is InChI=1S/C28H32N2O3/c1-4-19-16-30-14-13-28(25(30)15-22(19)23(17-33-3)18(2)31)27(32)26-21(11-8-12-24(26)29-28)20-9-6-5-7-10-20/h5-12,17,19,22,25,29H,4,13-16H2,1-3H3/b23-17-/t19-,22+,25?,28+/m1/s1. The third-order valence-corrected chi connectivity index (χ3v) is 8.03. The molecule has 5 rings (SSSR count). The Morgan fingerprint density at radius 3 is 2.70 bits per heavy atom. The molecule has 2 saturated heterocycles. The maximum Gasteiger partial charge on any atom is 0.192 e. The average Bonchev–Trinajstić information content (AvgIpc) is 3.34. The highest BCUT2D eigenvalue weighted by Gasteiger charge is 2.59. The van der Waals surface area contributed by atoms with Crippen LogP contribution >= 0.6 is 0 Å². The first kappa shape index (κ1) is 21.9. The number of nitrogens with one attached hydrogen (secondary N) is 1. The first-order valence-electron chi connectivity index (χ1n) is 12.0. The van der Waals surface area contributed by atoms with Gasteiger partial charge in [0.05, 0.1) is 18.9 Å². The summed E-state index contributed by atoms with van der Waals surface area (Å²) >= 11 is 0. The van der Waals surface area contributed by atoms with Crippen molar-refractivity contribution < 1.29 is 14.3 Å². The van der Waals surface area contributed by atoms with E-state index in [2.05, 4.69) is 29.3 Å². The third kappa shape index (κ3) is 3.41. The van der Waals surface area contributed by atoms with Crippen LogP contribution in [-0.2, 0) is 9.53 Å². The van der Waals surface area contributed by atoms with Gasteiger partial charge in [-0.1, -0.05) is 55.8 Å². The van der Waals surface area contributed by atoms with E-state index in [4.69, 9.17) is 4.74 Å². The van der Waals surface area contributed by atoms with Crippen LogP contribution in [0.3, 0.4) is 0 Å². The van der Waals surface area contributed by atoms with E-state index in [1.165, 1.54) is 0 Å². The molecule has 2 aromatic rings. The van der Waals surface area contributed by atoms with Crippen LogP contribution in [0.25, 0.3) is 11.1 Å². The van der Waals surface area contributed by atoms with E-state index < -0.39 is 5.54 Å². The Hall–Kier alpha value is -2.92. The number of methoxy groups -OCH3 is 1. The van der Waals surface area contributed by atoms with Crippen molar-refractivity contribution in [2.45, 2.75) is 44.7 Å². The van der Waals surface area contributed by atoms with Crippen LogP contribution in [0.5, 0.6) is 0 Å². The molecule has 172 valence electrons. The van der Waals surface area contributed by atoms with E-state index in [1.54, 1.807) is 20.3 Å². The number of carbonyl (C=O) groups is 2. The number of carbonyl (C=O) groups excluding carboxylic acids is 2. The first-order chi connectivity index (χ1) is 16.0. The number of hydrogen-bond donors (Lipinski definition) is 1. The maximum atomic E-state index is 14.2. The van der Waals surface area contributed by atoms with E-state index in [1.807, 2.05) is 36.4 Å². The van der Waals surface area contributed by atoms with Gasteiger partial charge in [-0.15, -0.1) is 0 Å². The number of fused-ring (bicyclic) bond motifs is 3. The molecule has 3 aliphatic rings. The summed E-state index contributed by atoms with van der Waals surface area (Å²) in [6.45, 7) is 5.61. The molecule has 3 aliphatic heterocycles. The molecule has 4 atom stereocenters. The van der Waals surface area contributed by atoms with Crippen LogP contribution in [0, 0.1) is 11.8 Å². The molecule has 2 fully saturated rings. The van der Waals surface area contributed by atoms with Gasteiger partial charge in [-0.2, -0.15) is 0 Å². The summed E-state index contributed by atoms with van der Waals surface area (Å²) in [5.74, 6) is 0.718. The normalized spacial score (nSPS) is 29.0. The van der Waals surface area contributed by atoms with Crippen molar-refractivity contribution >= 4 is 17.3 Å². The van der Waals surface area contributed by atoms with Crippen LogP contribution in [0.4, 0.5) is 5.69 Å². The molecule has 5 nitrogen and oxygen atoms in total. The van der Waals surface area contributed by atoms with Gasteiger partial charge in [0.1, 0.15) is 5.54 Å². The molecular formula is C28H32N2O3. The molecular weight excluding hydrogens is 412 g/mol. The molecule has 0 aromatic heterocycles. The second-order valence-electron chi connectivity index (χ2n) is 9.66. The van der Waals surface area contributed by atoms with Crippen molar-refractivity contribution in [3.8, 4) is 11.1 Å². The molecule has 0 radical (unpaired) electrons. The van der Waals surface area contributed by atoms with Crippen molar-refractivity contribution in [3.05, 3.63) is 65.9 Å². The van der Waals surface area contributed by atoms with E-state index in [0.717, 1.165) is 60.3 Å². The number of allylic oxidation sites excluding steroid dienone is 1. The second-order valence-corrected chi connectivity index (χ2v) is 9.66. The molecule has 1 unspecified atom stereocenters. The fourth-order valence-electron chi connectivity index (χ4n) is 6.43. The number of Topliss-reactive ketones (excluding diaryl/α,β-unsaturated/α-hetero) is 2. The van der Waals surface area contributed by atoms with Gasteiger partial charge < -0.3 is 10.1 Å². The summed E-state index contributed by atoms with van der Waals surface area (Å²) in [5, 5.41) is 3.70. The van der Waals surface area contributed by atoms with Gasteiger partial charge in [0.15, 0.2) is 11.6 Å². The lowest BCUT2D eigenvalue weighted by atomic mass is 9.71. The molecule has 5 heteroatoms. The van der Waals surface area contributed by atoms with E-state index >= 15 is 0 Å². The zero-order valence-corrected chi connectivity index (χ0v) is 19.6. The summed E-state index contributed by atoms with van der Waals surface area (Å²) in [6.07, 6.45) is 4.18. The van der Waals surface area contributed by atoms with Gasteiger partial charge in [-0.3, -0.25) is 14.5 Å². The van der Waals surface area contributed by atoms with Crippen molar-refractivity contribution in [1.82, 2.24) is 4.90 Å². The molecule has 0 aliphatic carbocycles. The topological polar surface area (TPSA) is 58.6 Å². The van der Waals surface area contributed by atoms with Gasteiger partial charge in [0.2, 0.25) is 0 Å². The van der Waals surface area contributed by atoms with Crippen molar-refractivity contribution in [2.75, 3.05) is 25.5 Å². The molecule has 3 heterocycles. The second kappa shape index (κ2) is 8.45. The summed E-state index contributed by atoms with van der Waals surface area (Å²) < 4.78 is 5.30. The lowest BCUT2D eigenvalue weighted by Gasteiger charge is -2.45. The van der Waals surface area contributed by atoms with E-state index in [0.29, 0.717) is 5.92 Å². The zero-order valence-electron chi connectivity index (χ0n) is 19.6. The number of anilines is 1. The molecule has 33 heavy (non-hydrogen) atoms. The molecule has 0 saturated carbocycles. The Morgan fingerprint density at radius 1 is 1.21 bits per heavy atom. The highest BCUT2D eigenvalue weighted by molar-refractivity contribution is 6.18. The van der Waals surface area contributed by atoms with Crippen LogP contribution in [0.2, 0.25) is 0 Å². The van der Waals surface area contributed by atoms with E-state index in [-0.39, 0.29) is 23.5 Å². The minimum atomic E-state index is -0.640. The maximum absolute atomic E-state index is 14.2. The van der Waals surface area contributed by atoms with Crippen molar-refractivity contribution in [2.24, 2.45) is 11.8 Å². The number of hydrogen-bond acceptors (Lipinski definition) is 5. The summed E-state index contributed by atoms with van der Waals surface area (Å²) in [6, 6.07) is 16.3. The van der Waals surface area contributed by atoms with Crippen LogP contribution in [0.1, 0.15) is 43.5 Å². The predicted octanol–water partition coefficient (Wildman–Crippen LogP) is 4.94. The Kier molecular flexibility index (Phi) is 5.61. The summed E-state index contributed by atoms with van der Waals surface area (Å²) in [7, 11) is 1.60. The third-order valence-electron chi connectivity index (χ3n) is 8.03. The quantitative estimate of drug-likeness (QED) is 0.523. The fourth-order valence-corrected chi connectivity index (χ4v) is 6.43. The largest absolute Gasteiger partial charge is 0.504 e. The average molecular weight is 445 g/mol. The SMILES string of the molecule is CC[C@@H]1CN2CC[C@]3(Nc4cccc(-c5ccccc5)c4C3=O)C2C[C@@H]1/C(=C\OC)C(C)=O. The van der Waals surface area contributed by atoms with Crippen LogP contribution in [-0.4, -0.2) is 48.2 Å². The first-order valence-corrected chi connectivity index (χ1v) is 12.0. The number of piperidine rings is 1. The summed E-state index contributed by atoms with van der Waals surface area (Å²) in [4.78, 5) is 29.1. The van der Waals surface area contributed by atoms with Gasteiger partial charge in [0.25, 0.3) is 0 Å². The zero-order chi connectivity index (χ0) is 23.2. The monoisotopic (exact) mass is 444 g/mol. The highest BCUT2D eigenvalue weighted by atomic mass is 16.5. The minimum absolute atomic E-state index is 0.0495. The number of nitrogens with zero attached hydrogens (tertiary/aromatic N) is 1. The smallest absolute Gasteiger partial charge is 0.192 e. The van der Waals surface area contributed by atoms with Gasteiger partial charge in [0, 0.05) is 30.4 Å².